The first kappa shape index (κ1) is 12.5. The molecule has 1 aromatic rings. The molecule has 1 aliphatic rings. The second-order valence-corrected chi connectivity index (χ2v) is 4.64. The fourth-order valence-electron chi connectivity index (χ4n) is 2.27. The van der Waals surface area contributed by atoms with Crippen LogP contribution in [0.2, 0.25) is 5.02 Å². The summed E-state index contributed by atoms with van der Waals surface area (Å²) in [5, 5.41) is 4.09. The first-order valence-corrected chi connectivity index (χ1v) is 6.29. The van der Waals surface area contributed by atoms with E-state index in [4.69, 9.17) is 21.1 Å². The average molecular weight is 256 g/mol. The number of methoxy groups -OCH3 is 2. The van der Waals surface area contributed by atoms with E-state index < -0.39 is 0 Å². The van der Waals surface area contributed by atoms with Gasteiger partial charge in [-0.15, -0.1) is 0 Å². The maximum Gasteiger partial charge on any atom is 0.138 e. The summed E-state index contributed by atoms with van der Waals surface area (Å²) in [7, 11) is 3.30. The van der Waals surface area contributed by atoms with Crippen LogP contribution in [-0.2, 0) is 0 Å². The highest BCUT2D eigenvalue weighted by molar-refractivity contribution is 6.32. The number of rotatable bonds is 3. The Hall–Kier alpha value is -0.930. The van der Waals surface area contributed by atoms with Crippen LogP contribution in [0.15, 0.2) is 12.1 Å². The minimum Gasteiger partial charge on any atom is -0.496 e. The van der Waals surface area contributed by atoms with Gasteiger partial charge in [-0.3, -0.25) is 0 Å². The van der Waals surface area contributed by atoms with Gasteiger partial charge in [-0.25, -0.2) is 0 Å². The molecule has 17 heavy (non-hydrogen) atoms. The second kappa shape index (κ2) is 5.61. The summed E-state index contributed by atoms with van der Waals surface area (Å²) < 4.78 is 10.7. The molecule has 2 rings (SSSR count). The molecule has 0 saturated carbocycles. The Morgan fingerprint density at radius 2 is 1.94 bits per heavy atom. The Bertz CT molecular complexity index is 389. The normalized spacial score (nSPS) is 20.1. The first-order chi connectivity index (χ1) is 8.26. The van der Waals surface area contributed by atoms with E-state index in [1.165, 1.54) is 12.8 Å². The zero-order valence-electron chi connectivity index (χ0n) is 10.3. The molecule has 0 radical (unpaired) electrons. The van der Waals surface area contributed by atoms with Gasteiger partial charge in [0.1, 0.15) is 11.5 Å². The van der Waals surface area contributed by atoms with Gasteiger partial charge in [0.05, 0.1) is 19.2 Å². The van der Waals surface area contributed by atoms with Crippen molar-refractivity contribution in [3.05, 3.63) is 22.7 Å². The van der Waals surface area contributed by atoms with E-state index in [2.05, 4.69) is 5.32 Å². The standard InChI is InChI=1S/C13H18ClNO2/c1-16-12-8-10(14)13(17-2)7-9(12)11-5-3-4-6-15-11/h7-8,11,15H,3-6H2,1-2H3. The summed E-state index contributed by atoms with van der Waals surface area (Å²) in [6, 6.07) is 4.14. The number of hydrogen-bond donors (Lipinski definition) is 1. The maximum atomic E-state index is 6.09. The molecule has 0 aliphatic carbocycles. The summed E-state index contributed by atoms with van der Waals surface area (Å²) in [6.07, 6.45) is 3.61. The quantitative estimate of drug-likeness (QED) is 0.900. The van der Waals surface area contributed by atoms with Crippen molar-refractivity contribution in [2.45, 2.75) is 25.3 Å². The van der Waals surface area contributed by atoms with Gasteiger partial charge in [-0.05, 0) is 25.5 Å². The van der Waals surface area contributed by atoms with Crippen LogP contribution in [0.5, 0.6) is 11.5 Å². The van der Waals surface area contributed by atoms with Gasteiger partial charge < -0.3 is 14.8 Å². The molecule has 1 unspecified atom stereocenters. The first-order valence-electron chi connectivity index (χ1n) is 5.91. The predicted molar refractivity (Wildman–Crippen MR) is 69.2 cm³/mol. The van der Waals surface area contributed by atoms with Crippen LogP contribution >= 0.6 is 11.6 Å². The van der Waals surface area contributed by atoms with Crippen molar-refractivity contribution < 1.29 is 9.47 Å². The van der Waals surface area contributed by atoms with Crippen molar-refractivity contribution in [3.8, 4) is 11.5 Å². The molecule has 0 spiro atoms. The largest absolute Gasteiger partial charge is 0.496 e. The van der Waals surface area contributed by atoms with E-state index in [9.17, 15) is 0 Å². The Morgan fingerprint density at radius 1 is 1.18 bits per heavy atom. The van der Waals surface area contributed by atoms with Crippen LogP contribution in [0, 0.1) is 0 Å². The van der Waals surface area contributed by atoms with Gasteiger partial charge in [0.15, 0.2) is 0 Å². The molecule has 4 heteroatoms. The molecule has 1 fully saturated rings. The number of nitrogens with one attached hydrogen (secondary N) is 1. The van der Waals surface area contributed by atoms with Gasteiger partial charge in [0, 0.05) is 17.7 Å². The second-order valence-electron chi connectivity index (χ2n) is 4.23. The van der Waals surface area contributed by atoms with Crippen LogP contribution in [0.4, 0.5) is 0 Å². The van der Waals surface area contributed by atoms with E-state index in [1.807, 2.05) is 12.1 Å². The van der Waals surface area contributed by atoms with Crippen LogP contribution in [0.3, 0.4) is 0 Å². The monoisotopic (exact) mass is 255 g/mol. The molecule has 0 amide bonds. The molecular weight excluding hydrogens is 238 g/mol. The number of ether oxygens (including phenoxy) is 2. The van der Waals surface area contributed by atoms with E-state index in [1.54, 1.807) is 14.2 Å². The van der Waals surface area contributed by atoms with Crippen molar-refractivity contribution in [2.75, 3.05) is 20.8 Å². The van der Waals surface area contributed by atoms with E-state index in [0.29, 0.717) is 16.8 Å². The van der Waals surface area contributed by atoms with Crippen molar-refractivity contribution >= 4 is 11.6 Å². The molecule has 1 aliphatic heterocycles. The average Bonchev–Trinajstić information content (AvgIpc) is 2.39. The number of benzene rings is 1. The van der Waals surface area contributed by atoms with E-state index in [-0.39, 0.29) is 0 Å². The van der Waals surface area contributed by atoms with Crippen molar-refractivity contribution in [2.24, 2.45) is 0 Å². The van der Waals surface area contributed by atoms with Crippen LogP contribution in [0.25, 0.3) is 0 Å². The minimum absolute atomic E-state index is 0.338. The number of piperidine rings is 1. The minimum atomic E-state index is 0.338. The highest BCUT2D eigenvalue weighted by atomic mass is 35.5. The lowest BCUT2D eigenvalue weighted by molar-refractivity contribution is 0.368. The molecule has 1 atom stereocenters. The van der Waals surface area contributed by atoms with Gasteiger partial charge in [-0.1, -0.05) is 18.0 Å². The third kappa shape index (κ3) is 2.67. The van der Waals surface area contributed by atoms with Gasteiger partial charge in [0.25, 0.3) is 0 Å². The highest BCUT2D eigenvalue weighted by Gasteiger charge is 2.20. The van der Waals surface area contributed by atoms with E-state index >= 15 is 0 Å². The van der Waals surface area contributed by atoms with Crippen LogP contribution in [0.1, 0.15) is 30.9 Å². The molecule has 0 bridgehead atoms. The summed E-state index contributed by atoms with van der Waals surface area (Å²) in [6.45, 7) is 1.05. The fourth-order valence-corrected chi connectivity index (χ4v) is 2.50. The molecule has 94 valence electrons. The lowest BCUT2D eigenvalue weighted by atomic mass is 9.96. The summed E-state index contributed by atoms with van der Waals surface area (Å²) in [5.41, 5.74) is 1.13. The van der Waals surface area contributed by atoms with Crippen molar-refractivity contribution in [3.63, 3.8) is 0 Å². The lowest BCUT2D eigenvalue weighted by Gasteiger charge is -2.26. The molecule has 1 N–H and O–H groups in total. The molecule has 3 nitrogen and oxygen atoms in total. The SMILES string of the molecule is COc1cc(C2CCCCN2)c(OC)cc1Cl. The predicted octanol–water partition coefficient (Wildman–Crippen LogP) is 3.17. The van der Waals surface area contributed by atoms with Crippen LogP contribution in [-0.4, -0.2) is 20.8 Å². The Balaban J connectivity index is 2.35. The number of halogens is 1. The zero-order valence-corrected chi connectivity index (χ0v) is 11.0. The van der Waals surface area contributed by atoms with Crippen molar-refractivity contribution in [1.29, 1.82) is 0 Å². The van der Waals surface area contributed by atoms with Gasteiger partial charge in [-0.2, -0.15) is 0 Å². The van der Waals surface area contributed by atoms with Gasteiger partial charge >= 0.3 is 0 Å². The Morgan fingerprint density at radius 3 is 2.53 bits per heavy atom. The summed E-state index contributed by atoms with van der Waals surface area (Å²) >= 11 is 6.09. The van der Waals surface area contributed by atoms with E-state index in [0.717, 1.165) is 24.3 Å². The maximum absolute atomic E-state index is 6.09. The smallest absolute Gasteiger partial charge is 0.138 e. The molecule has 0 aromatic heterocycles. The Kier molecular flexibility index (Phi) is 4.13. The molecule has 1 aromatic carbocycles. The third-order valence-electron chi connectivity index (χ3n) is 3.19. The lowest BCUT2D eigenvalue weighted by Crippen LogP contribution is -2.27. The topological polar surface area (TPSA) is 30.5 Å². The summed E-state index contributed by atoms with van der Waals surface area (Å²) in [5.74, 6) is 1.53. The summed E-state index contributed by atoms with van der Waals surface area (Å²) in [4.78, 5) is 0. The fraction of sp³-hybridized carbons (Fsp3) is 0.538. The Labute approximate surface area is 107 Å². The molecular formula is C13H18ClNO2. The molecule has 1 heterocycles. The zero-order chi connectivity index (χ0) is 12.3. The van der Waals surface area contributed by atoms with Gasteiger partial charge in [0.2, 0.25) is 0 Å². The van der Waals surface area contributed by atoms with Crippen molar-refractivity contribution in [1.82, 2.24) is 5.32 Å². The molecule has 1 saturated heterocycles. The number of hydrogen-bond acceptors (Lipinski definition) is 3. The highest BCUT2D eigenvalue weighted by Crippen LogP contribution is 2.37. The van der Waals surface area contributed by atoms with Crippen LogP contribution < -0.4 is 14.8 Å². The third-order valence-corrected chi connectivity index (χ3v) is 3.49.